The molecular formula is C15H20N4S. The van der Waals surface area contributed by atoms with E-state index in [9.17, 15) is 0 Å². The number of hydrogen-bond donors (Lipinski definition) is 0. The molecule has 0 amide bonds. The van der Waals surface area contributed by atoms with Gasteiger partial charge in [0.05, 0.1) is 16.4 Å². The fraction of sp³-hybridized carbons (Fsp3) is 0.533. The van der Waals surface area contributed by atoms with Crippen molar-refractivity contribution in [2.45, 2.75) is 38.6 Å². The summed E-state index contributed by atoms with van der Waals surface area (Å²) in [5, 5.41) is 3.36. The van der Waals surface area contributed by atoms with Gasteiger partial charge in [-0.25, -0.2) is 4.98 Å². The van der Waals surface area contributed by atoms with Crippen LogP contribution in [0.2, 0.25) is 0 Å². The minimum atomic E-state index is 0.254. The van der Waals surface area contributed by atoms with Crippen LogP contribution in [0.5, 0.6) is 0 Å². The second-order valence-electron chi connectivity index (χ2n) is 5.82. The fourth-order valence-corrected chi connectivity index (χ4v) is 3.53. The zero-order valence-corrected chi connectivity index (χ0v) is 12.9. The Morgan fingerprint density at radius 2 is 2.00 bits per heavy atom. The van der Waals surface area contributed by atoms with E-state index in [1.807, 2.05) is 25.5 Å². The standard InChI is InChI=1S/C15H20N4S/c1-12-9-18-13(10-17-12)11-19-6-3-15(2,4-7-19)14-16-5-8-20-14/h5,8-10H,3-4,6-7,11H2,1-2H3. The third-order valence-corrected chi connectivity index (χ3v) is 5.21. The lowest BCUT2D eigenvalue weighted by Crippen LogP contribution is -2.40. The van der Waals surface area contributed by atoms with Crippen molar-refractivity contribution in [3.63, 3.8) is 0 Å². The summed E-state index contributed by atoms with van der Waals surface area (Å²) in [7, 11) is 0. The molecule has 5 heteroatoms. The van der Waals surface area contributed by atoms with Gasteiger partial charge in [-0.15, -0.1) is 11.3 Å². The van der Waals surface area contributed by atoms with Gasteiger partial charge in [0.15, 0.2) is 0 Å². The van der Waals surface area contributed by atoms with Crippen molar-refractivity contribution in [2.24, 2.45) is 0 Å². The minimum Gasteiger partial charge on any atom is -0.297 e. The van der Waals surface area contributed by atoms with Gasteiger partial charge in [-0.1, -0.05) is 6.92 Å². The molecule has 2 aromatic heterocycles. The van der Waals surface area contributed by atoms with E-state index in [1.165, 1.54) is 17.8 Å². The van der Waals surface area contributed by atoms with Crippen LogP contribution in [-0.2, 0) is 12.0 Å². The van der Waals surface area contributed by atoms with Crippen molar-refractivity contribution in [3.8, 4) is 0 Å². The van der Waals surface area contributed by atoms with Crippen molar-refractivity contribution in [1.82, 2.24) is 19.9 Å². The Balaban J connectivity index is 1.60. The normalized spacial score (nSPS) is 19.1. The van der Waals surface area contributed by atoms with E-state index >= 15 is 0 Å². The maximum absolute atomic E-state index is 4.51. The Kier molecular flexibility index (Phi) is 3.81. The molecule has 3 heterocycles. The van der Waals surface area contributed by atoms with E-state index in [0.29, 0.717) is 0 Å². The van der Waals surface area contributed by atoms with E-state index < -0.39 is 0 Å². The number of nitrogens with zero attached hydrogens (tertiary/aromatic N) is 4. The van der Waals surface area contributed by atoms with Crippen LogP contribution < -0.4 is 0 Å². The number of rotatable bonds is 3. The molecule has 0 saturated carbocycles. The highest BCUT2D eigenvalue weighted by molar-refractivity contribution is 7.09. The van der Waals surface area contributed by atoms with Crippen molar-refractivity contribution in [3.05, 3.63) is 40.4 Å². The Bertz CT molecular complexity index is 542. The Hall–Kier alpha value is -1.33. The third kappa shape index (κ3) is 2.88. The molecular weight excluding hydrogens is 268 g/mol. The van der Waals surface area contributed by atoms with Gasteiger partial charge in [0, 0.05) is 35.9 Å². The van der Waals surface area contributed by atoms with Gasteiger partial charge in [0.1, 0.15) is 0 Å². The van der Waals surface area contributed by atoms with Gasteiger partial charge in [-0.05, 0) is 32.9 Å². The second kappa shape index (κ2) is 5.58. The highest BCUT2D eigenvalue weighted by Crippen LogP contribution is 2.36. The third-order valence-electron chi connectivity index (χ3n) is 4.13. The van der Waals surface area contributed by atoms with Crippen LogP contribution in [0.25, 0.3) is 0 Å². The summed E-state index contributed by atoms with van der Waals surface area (Å²) < 4.78 is 0. The van der Waals surface area contributed by atoms with Crippen LogP contribution in [0.4, 0.5) is 0 Å². The van der Waals surface area contributed by atoms with Crippen LogP contribution in [0.3, 0.4) is 0 Å². The van der Waals surface area contributed by atoms with E-state index in [1.54, 1.807) is 11.3 Å². The SMILES string of the molecule is Cc1cnc(CN2CCC(C)(c3nccs3)CC2)cn1. The summed E-state index contributed by atoms with van der Waals surface area (Å²) in [6.07, 6.45) is 7.99. The molecule has 0 radical (unpaired) electrons. The van der Waals surface area contributed by atoms with Crippen molar-refractivity contribution in [2.75, 3.05) is 13.1 Å². The van der Waals surface area contributed by atoms with Gasteiger partial charge in [-0.2, -0.15) is 0 Å². The molecule has 4 nitrogen and oxygen atoms in total. The number of aryl methyl sites for hydroxylation is 1. The molecule has 0 aliphatic carbocycles. The summed E-state index contributed by atoms with van der Waals surface area (Å²) in [4.78, 5) is 15.7. The molecule has 0 aromatic carbocycles. The smallest absolute Gasteiger partial charge is 0.0984 e. The molecule has 2 aromatic rings. The first-order chi connectivity index (χ1) is 9.66. The molecule has 1 aliphatic rings. The molecule has 0 N–H and O–H groups in total. The summed E-state index contributed by atoms with van der Waals surface area (Å²) in [5.41, 5.74) is 2.29. The minimum absolute atomic E-state index is 0.254. The average Bonchev–Trinajstić information content (AvgIpc) is 2.99. The topological polar surface area (TPSA) is 41.9 Å². The molecule has 20 heavy (non-hydrogen) atoms. The Morgan fingerprint density at radius 3 is 2.60 bits per heavy atom. The van der Waals surface area contributed by atoms with Crippen molar-refractivity contribution >= 4 is 11.3 Å². The number of aromatic nitrogens is 3. The van der Waals surface area contributed by atoms with E-state index in [-0.39, 0.29) is 5.41 Å². The van der Waals surface area contributed by atoms with Crippen LogP contribution in [0, 0.1) is 6.92 Å². The first-order valence-electron chi connectivity index (χ1n) is 7.06. The van der Waals surface area contributed by atoms with E-state index in [2.05, 4.69) is 32.2 Å². The quantitative estimate of drug-likeness (QED) is 0.871. The second-order valence-corrected chi connectivity index (χ2v) is 6.72. The van der Waals surface area contributed by atoms with E-state index in [4.69, 9.17) is 0 Å². The Morgan fingerprint density at radius 1 is 1.20 bits per heavy atom. The van der Waals surface area contributed by atoms with Crippen molar-refractivity contribution in [1.29, 1.82) is 0 Å². The zero-order valence-electron chi connectivity index (χ0n) is 12.0. The van der Waals surface area contributed by atoms with Crippen LogP contribution in [0.15, 0.2) is 24.0 Å². The van der Waals surface area contributed by atoms with Gasteiger partial charge in [0.2, 0.25) is 0 Å². The van der Waals surface area contributed by atoms with Gasteiger partial charge in [0.25, 0.3) is 0 Å². The zero-order chi connectivity index (χ0) is 14.0. The highest BCUT2D eigenvalue weighted by atomic mass is 32.1. The number of hydrogen-bond acceptors (Lipinski definition) is 5. The maximum atomic E-state index is 4.51. The van der Waals surface area contributed by atoms with Gasteiger partial charge < -0.3 is 0 Å². The lowest BCUT2D eigenvalue weighted by atomic mass is 9.81. The summed E-state index contributed by atoms with van der Waals surface area (Å²) in [6.45, 7) is 7.42. The summed E-state index contributed by atoms with van der Waals surface area (Å²) >= 11 is 1.78. The van der Waals surface area contributed by atoms with Crippen molar-refractivity contribution < 1.29 is 0 Å². The molecule has 1 aliphatic heterocycles. The molecule has 0 bridgehead atoms. The number of likely N-dealkylation sites (tertiary alicyclic amines) is 1. The molecule has 1 saturated heterocycles. The monoisotopic (exact) mass is 288 g/mol. The molecule has 1 fully saturated rings. The summed E-state index contributed by atoms with van der Waals surface area (Å²) in [6, 6.07) is 0. The van der Waals surface area contributed by atoms with Crippen LogP contribution in [-0.4, -0.2) is 32.9 Å². The first-order valence-corrected chi connectivity index (χ1v) is 7.93. The molecule has 3 rings (SSSR count). The Labute approximate surface area is 123 Å². The maximum Gasteiger partial charge on any atom is 0.0984 e. The number of piperidine rings is 1. The van der Waals surface area contributed by atoms with E-state index in [0.717, 1.165) is 31.0 Å². The summed E-state index contributed by atoms with van der Waals surface area (Å²) in [5.74, 6) is 0. The first kappa shape index (κ1) is 13.6. The molecule has 106 valence electrons. The predicted octanol–water partition coefficient (Wildman–Crippen LogP) is 2.80. The highest BCUT2D eigenvalue weighted by Gasteiger charge is 2.33. The van der Waals surface area contributed by atoms with Gasteiger partial charge >= 0.3 is 0 Å². The largest absolute Gasteiger partial charge is 0.297 e. The molecule has 0 unspecified atom stereocenters. The van der Waals surface area contributed by atoms with Gasteiger partial charge in [-0.3, -0.25) is 14.9 Å². The average molecular weight is 288 g/mol. The predicted molar refractivity (Wildman–Crippen MR) is 80.7 cm³/mol. The molecule has 0 atom stereocenters. The lowest BCUT2D eigenvalue weighted by molar-refractivity contribution is 0.160. The van der Waals surface area contributed by atoms with Crippen LogP contribution in [0.1, 0.15) is 36.2 Å². The van der Waals surface area contributed by atoms with Crippen LogP contribution >= 0.6 is 11.3 Å². The number of thiazole rings is 1. The lowest BCUT2D eigenvalue weighted by Gasteiger charge is -2.37. The molecule has 0 spiro atoms. The fourth-order valence-electron chi connectivity index (χ4n) is 2.67.